The normalized spacial score (nSPS) is 9.67. The molecule has 2 aromatic carbocycles. The maximum absolute atomic E-state index is 10.8. The number of hydrogen-bond donors (Lipinski definition) is 1. The molecule has 0 aliphatic heterocycles. The van der Waals surface area contributed by atoms with Gasteiger partial charge in [0.05, 0.1) is 5.56 Å². The second kappa shape index (κ2) is 4.71. The summed E-state index contributed by atoms with van der Waals surface area (Å²) < 4.78 is 0. The van der Waals surface area contributed by atoms with Crippen LogP contribution in [0.15, 0.2) is 36.4 Å². The average molecular weight is 304 g/mol. The molecule has 2 nitrogen and oxygen atoms in total. The van der Waals surface area contributed by atoms with E-state index in [1.807, 2.05) is 31.2 Å². The van der Waals surface area contributed by atoms with Crippen molar-refractivity contribution in [3.63, 3.8) is 0 Å². The Labute approximate surface area is 107 Å². The fourth-order valence-electron chi connectivity index (χ4n) is 1.63. The van der Waals surface area contributed by atoms with Gasteiger partial charge >= 0.3 is 31.8 Å². The molecule has 0 unspecified atom stereocenters. The molecule has 0 bridgehead atoms. The summed E-state index contributed by atoms with van der Waals surface area (Å²) in [6.45, 7) is 1.93. The number of hydrogen-bond acceptors (Lipinski definition) is 1. The van der Waals surface area contributed by atoms with Crippen LogP contribution >= 0.6 is 0 Å². The summed E-state index contributed by atoms with van der Waals surface area (Å²) in [7, 11) is 0. The molecule has 76 valence electrons. The van der Waals surface area contributed by atoms with Crippen molar-refractivity contribution < 1.29 is 9.90 Å². The summed E-state index contributed by atoms with van der Waals surface area (Å²) in [6.07, 6.45) is 0. The number of aryl methyl sites for hydroxylation is 1. The summed E-state index contributed by atoms with van der Waals surface area (Å²) >= 11 is 0. The SMILES string of the molecule is Cc1cc(C(=O)O)cc2ccccc12.[InH3]. The van der Waals surface area contributed by atoms with Crippen LogP contribution in [0.25, 0.3) is 10.8 Å². The zero-order chi connectivity index (χ0) is 10.1. The number of rotatable bonds is 1. The van der Waals surface area contributed by atoms with Crippen LogP contribution in [0.5, 0.6) is 0 Å². The number of benzene rings is 2. The van der Waals surface area contributed by atoms with Gasteiger partial charge in [-0.1, -0.05) is 24.3 Å². The van der Waals surface area contributed by atoms with Gasteiger partial charge in [-0.3, -0.25) is 0 Å². The first-order valence-corrected chi connectivity index (χ1v) is 4.41. The minimum atomic E-state index is -0.876. The van der Waals surface area contributed by atoms with Gasteiger partial charge in [-0.05, 0) is 35.4 Å². The molecule has 15 heavy (non-hydrogen) atoms. The van der Waals surface area contributed by atoms with Gasteiger partial charge in [0.25, 0.3) is 0 Å². The molecular weight excluding hydrogens is 291 g/mol. The van der Waals surface area contributed by atoms with Crippen LogP contribution in [0.3, 0.4) is 0 Å². The Kier molecular flexibility index (Phi) is 3.80. The quantitative estimate of drug-likeness (QED) is 0.870. The first-order valence-electron chi connectivity index (χ1n) is 4.41. The predicted molar refractivity (Wildman–Crippen MR) is 65.6 cm³/mol. The zero-order valence-electron chi connectivity index (χ0n) is 7.82. The molecular formula is C12H13InO2. The monoisotopic (exact) mass is 304 g/mol. The van der Waals surface area contributed by atoms with Gasteiger partial charge < -0.3 is 5.11 Å². The first kappa shape index (κ1) is 12.1. The molecule has 0 aliphatic carbocycles. The van der Waals surface area contributed by atoms with Gasteiger partial charge in [0.1, 0.15) is 0 Å². The fourth-order valence-corrected chi connectivity index (χ4v) is 1.63. The molecule has 1 N–H and O–H groups in total. The number of carbonyl (C=O) groups is 1. The second-order valence-corrected chi connectivity index (χ2v) is 3.32. The van der Waals surface area contributed by atoms with Crippen molar-refractivity contribution in [1.29, 1.82) is 0 Å². The Morgan fingerprint density at radius 1 is 1.20 bits per heavy atom. The molecule has 3 heteroatoms. The van der Waals surface area contributed by atoms with E-state index >= 15 is 0 Å². The molecule has 0 saturated carbocycles. The Morgan fingerprint density at radius 2 is 1.87 bits per heavy atom. The molecule has 0 spiro atoms. The van der Waals surface area contributed by atoms with Crippen LogP contribution in [0.1, 0.15) is 15.9 Å². The third-order valence-corrected chi connectivity index (χ3v) is 2.32. The van der Waals surface area contributed by atoms with Crippen LogP contribution in [0.2, 0.25) is 0 Å². The van der Waals surface area contributed by atoms with Crippen LogP contribution in [0.4, 0.5) is 0 Å². The molecule has 2 rings (SSSR count). The topological polar surface area (TPSA) is 37.3 Å². The van der Waals surface area contributed by atoms with Gasteiger partial charge in [0.15, 0.2) is 0 Å². The summed E-state index contributed by atoms with van der Waals surface area (Å²) in [6, 6.07) is 11.2. The molecule has 0 amide bonds. The molecule has 0 saturated heterocycles. The predicted octanol–water partition coefficient (Wildman–Crippen LogP) is 1.66. The number of carboxylic acids is 1. The van der Waals surface area contributed by atoms with Gasteiger partial charge in [0, 0.05) is 0 Å². The molecule has 0 heterocycles. The Balaban J connectivity index is 0.00000112. The minimum absolute atomic E-state index is 0. The van der Waals surface area contributed by atoms with E-state index in [9.17, 15) is 4.79 Å². The number of carboxylic acid groups (broad SMARTS) is 1. The van der Waals surface area contributed by atoms with Gasteiger partial charge in [0.2, 0.25) is 0 Å². The molecule has 0 aliphatic rings. The average Bonchev–Trinajstić information content (AvgIpc) is 2.17. The molecule has 2 aromatic rings. The van der Waals surface area contributed by atoms with E-state index in [2.05, 4.69) is 0 Å². The number of fused-ring (bicyclic) bond motifs is 1. The fraction of sp³-hybridized carbons (Fsp3) is 0.0833. The van der Waals surface area contributed by atoms with Crippen molar-refractivity contribution in [3.8, 4) is 0 Å². The Hall–Kier alpha value is -0.960. The van der Waals surface area contributed by atoms with E-state index in [4.69, 9.17) is 5.11 Å². The summed E-state index contributed by atoms with van der Waals surface area (Å²) in [4.78, 5) is 10.8. The van der Waals surface area contributed by atoms with Gasteiger partial charge in [-0.15, -0.1) is 0 Å². The molecule has 0 aromatic heterocycles. The van der Waals surface area contributed by atoms with Crippen molar-refractivity contribution >= 4 is 42.6 Å². The van der Waals surface area contributed by atoms with Crippen molar-refractivity contribution in [2.24, 2.45) is 0 Å². The Morgan fingerprint density at radius 3 is 2.53 bits per heavy atom. The molecule has 0 fully saturated rings. The van der Waals surface area contributed by atoms with Crippen LogP contribution in [-0.4, -0.2) is 36.9 Å². The third-order valence-electron chi connectivity index (χ3n) is 2.32. The van der Waals surface area contributed by atoms with Gasteiger partial charge in [-0.25, -0.2) is 4.79 Å². The van der Waals surface area contributed by atoms with E-state index in [0.717, 1.165) is 16.3 Å². The van der Waals surface area contributed by atoms with Gasteiger partial charge in [-0.2, -0.15) is 0 Å². The van der Waals surface area contributed by atoms with E-state index in [1.54, 1.807) is 12.1 Å². The summed E-state index contributed by atoms with van der Waals surface area (Å²) in [5, 5.41) is 11.0. The molecule has 0 radical (unpaired) electrons. The zero-order valence-corrected chi connectivity index (χ0v) is 7.82. The standard InChI is InChI=1S/C12H10O2.In.3H/c1-8-6-10(12(13)14)7-9-4-2-3-5-11(8)9;;;;/h2-7H,1H3,(H,13,14);;;;. The third kappa shape index (κ3) is 2.34. The first-order chi connectivity index (χ1) is 6.68. The van der Waals surface area contributed by atoms with Crippen LogP contribution in [0, 0.1) is 6.92 Å². The molecule has 0 atom stereocenters. The summed E-state index contributed by atoms with van der Waals surface area (Å²) in [5.41, 5.74) is 1.35. The Bertz CT molecular complexity index is 506. The van der Waals surface area contributed by atoms with E-state index < -0.39 is 5.97 Å². The van der Waals surface area contributed by atoms with Crippen molar-refractivity contribution in [1.82, 2.24) is 0 Å². The maximum atomic E-state index is 10.8. The second-order valence-electron chi connectivity index (χ2n) is 3.32. The van der Waals surface area contributed by atoms with Crippen molar-refractivity contribution in [2.75, 3.05) is 0 Å². The van der Waals surface area contributed by atoms with E-state index in [1.165, 1.54) is 0 Å². The van der Waals surface area contributed by atoms with E-state index in [0.29, 0.717) is 5.56 Å². The van der Waals surface area contributed by atoms with Crippen LogP contribution < -0.4 is 0 Å². The van der Waals surface area contributed by atoms with Crippen LogP contribution in [-0.2, 0) is 0 Å². The number of aromatic carboxylic acids is 1. The van der Waals surface area contributed by atoms with Crippen molar-refractivity contribution in [3.05, 3.63) is 47.5 Å². The van der Waals surface area contributed by atoms with Crippen molar-refractivity contribution in [2.45, 2.75) is 6.92 Å². The summed E-state index contributed by atoms with van der Waals surface area (Å²) in [5.74, 6) is -0.876. The van der Waals surface area contributed by atoms with E-state index in [-0.39, 0.29) is 25.8 Å².